The van der Waals surface area contributed by atoms with Crippen LogP contribution in [0.5, 0.6) is 5.75 Å². The monoisotopic (exact) mass is 319 g/mol. The van der Waals surface area contributed by atoms with E-state index in [0.29, 0.717) is 12.2 Å². The lowest BCUT2D eigenvalue weighted by molar-refractivity contribution is -0.119. The molecule has 0 fully saturated rings. The number of aliphatic hydroxyl groups is 1. The zero-order valence-corrected chi connectivity index (χ0v) is 12.8. The van der Waals surface area contributed by atoms with Crippen LogP contribution in [0.15, 0.2) is 54.6 Å². The smallest absolute Gasteiger partial charge is 0.235 e. The summed E-state index contributed by atoms with van der Waals surface area (Å²) in [7, 11) is 0. The highest BCUT2D eigenvalue weighted by Crippen LogP contribution is 2.18. The van der Waals surface area contributed by atoms with Crippen molar-refractivity contribution in [1.82, 2.24) is 5.32 Å². The van der Waals surface area contributed by atoms with Crippen LogP contribution in [0.2, 0.25) is 0 Å². The highest BCUT2D eigenvalue weighted by molar-refractivity contribution is 6.27. The third kappa shape index (κ3) is 5.06. The molecule has 0 unspecified atom stereocenters. The number of amides is 1. The van der Waals surface area contributed by atoms with E-state index in [1.807, 2.05) is 30.3 Å². The SMILES string of the molecule is O=C(CCl)NC[C@H](O)c1ccc(OCc2ccccc2)cc1. The molecular formula is C17H18ClNO3. The minimum absolute atomic E-state index is 0.112. The van der Waals surface area contributed by atoms with E-state index in [0.717, 1.165) is 11.3 Å². The summed E-state index contributed by atoms with van der Waals surface area (Å²) in [6, 6.07) is 17.0. The Morgan fingerprint density at radius 2 is 1.82 bits per heavy atom. The largest absolute Gasteiger partial charge is 0.489 e. The fourth-order valence-electron chi connectivity index (χ4n) is 1.90. The second-order valence-electron chi connectivity index (χ2n) is 4.80. The Labute approximate surface area is 134 Å². The Bertz CT molecular complexity index is 587. The van der Waals surface area contributed by atoms with Gasteiger partial charge < -0.3 is 15.2 Å². The fourth-order valence-corrected chi connectivity index (χ4v) is 2.00. The van der Waals surface area contributed by atoms with E-state index in [9.17, 15) is 9.90 Å². The molecule has 116 valence electrons. The molecule has 22 heavy (non-hydrogen) atoms. The Morgan fingerprint density at radius 1 is 1.14 bits per heavy atom. The van der Waals surface area contributed by atoms with E-state index >= 15 is 0 Å². The summed E-state index contributed by atoms with van der Waals surface area (Å²) < 4.78 is 5.67. The third-order valence-electron chi connectivity index (χ3n) is 3.13. The van der Waals surface area contributed by atoms with Gasteiger partial charge in [-0.15, -0.1) is 11.6 Å². The first kappa shape index (κ1) is 16.3. The van der Waals surface area contributed by atoms with Gasteiger partial charge in [-0.05, 0) is 23.3 Å². The molecule has 0 saturated heterocycles. The van der Waals surface area contributed by atoms with E-state index in [2.05, 4.69) is 5.32 Å². The lowest BCUT2D eigenvalue weighted by Crippen LogP contribution is -2.29. The van der Waals surface area contributed by atoms with Crippen molar-refractivity contribution >= 4 is 17.5 Å². The first-order valence-electron chi connectivity index (χ1n) is 6.96. The maximum absolute atomic E-state index is 11.0. The van der Waals surface area contributed by atoms with Crippen LogP contribution < -0.4 is 10.1 Å². The zero-order valence-electron chi connectivity index (χ0n) is 12.0. The van der Waals surface area contributed by atoms with Gasteiger partial charge in [0.05, 0.1) is 6.10 Å². The molecule has 0 spiro atoms. The number of rotatable bonds is 7. The van der Waals surface area contributed by atoms with Gasteiger partial charge in [-0.2, -0.15) is 0 Å². The predicted molar refractivity (Wildman–Crippen MR) is 85.9 cm³/mol. The molecule has 2 aromatic carbocycles. The number of ether oxygens (including phenoxy) is 1. The highest BCUT2D eigenvalue weighted by atomic mass is 35.5. The number of aliphatic hydroxyl groups excluding tert-OH is 1. The summed E-state index contributed by atoms with van der Waals surface area (Å²) in [5.74, 6) is 0.312. The Balaban J connectivity index is 1.85. The number of halogens is 1. The molecule has 2 rings (SSSR count). The van der Waals surface area contributed by atoms with E-state index in [-0.39, 0.29) is 18.3 Å². The molecule has 0 saturated carbocycles. The van der Waals surface area contributed by atoms with E-state index in [4.69, 9.17) is 16.3 Å². The van der Waals surface area contributed by atoms with Gasteiger partial charge in [-0.3, -0.25) is 4.79 Å². The molecule has 2 N–H and O–H groups in total. The average molecular weight is 320 g/mol. The maximum Gasteiger partial charge on any atom is 0.235 e. The van der Waals surface area contributed by atoms with Gasteiger partial charge in [0.25, 0.3) is 0 Å². The average Bonchev–Trinajstić information content (AvgIpc) is 2.59. The molecule has 0 bridgehead atoms. The molecule has 0 heterocycles. The molecule has 0 aromatic heterocycles. The second kappa shape index (κ2) is 8.41. The van der Waals surface area contributed by atoms with Crippen molar-refractivity contribution in [2.45, 2.75) is 12.7 Å². The quantitative estimate of drug-likeness (QED) is 0.771. The molecule has 5 heteroatoms. The first-order chi connectivity index (χ1) is 10.7. The van der Waals surface area contributed by atoms with Crippen LogP contribution in [0, 0.1) is 0 Å². The number of carbonyl (C=O) groups is 1. The van der Waals surface area contributed by atoms with E-state index in [1.165, 1.54) is 0 Å². The number of benzene rings is 2. The van der Waals surface area contributed by atoms with Crippen molar-refractivity contribution in [1.29, 1.82) is 0 Å². The third-order valence-corrected chi connectivity index (χ3v) is 3.37. The molecule has 2 aromatic rings. The van der Waals surface area contributed by atoms with Gasteiger partial charge in [0.1, 0.15) is 18.2 Å². The van der Waals surface area contributed by atoms with Crippen LogP contribution in [0.25, 0.3) is 0 Å². The van der Waals surface area contributed by atoms with Gasteiger partial charge in [0.2, 0.25) is 5.91 Å². The Kier molecular flexibility index (Phi) is 6.25. The first-order valence-corrected chi connectivity index (χ1v) is 7.50. The fraction of sp³-hybridized carbons (Fsp3) is 0.235. The molecule has 0 aliphatic carbocycles. The molecule has 0 radical (unpaired) electrons. The number of hydrogen-bond donors (Lipinski definition) is 2. The predicted octanol–water partition coefficient (Wildman–Crippen LogP) is 2.65. The summed E-state index contributed by atoms with van der Waals surface area (Å²) in [5.41, 5.74) is 1.80. The number of alkyl halides is 1. The summed E-state index contributed by atoms with van der Waals surface area (Å²) in [6.07, 6.45) is -0.768. The van der Waals surface area contributed by atoms with Gasteiger partial charge in [0.15, 0.2) is 0 Å². The molecule has 4 nitrogen and oxygen atoms in total. The lowest BCUT2D eigenvalue weighted by Gasteiger charge is -2.13. The van der Waals surface area contributed by atoms with E-state index < -0.39 is 6.10 Å². The summed E-state index contributed by atoms with van der Waals surface area (Å²) in [6.45, 7) is 0.629. The van der Waals surface area contributed by atoms with Crippen LogP contribution >= 0.6 is 11.6 Å². The van der Waals surface area contributed by atoms with Crippen LogP contribution in [0.4, 0.5) is 0 Å². The van der Waals surface area contributed by atoms with Crippen molar-refractivity contribution in [3.8, 4) is 5.75 Å². The summed E-state index contributed by atoms with van der Waals surface area (Å²) in [4.78, 5) is 11.0. The second-order valence-corrected chi connectivity index (χ2v) is 5.06. The van der Waals surface area contributed by atoms with Crippen LogP contribution in [0.3, 0.4) is 0 Å². The van der Waals surface area contributed by atoms with Crippen molar-refractivity contribution in [3.05, 3.63) is 65.7 Å². The number of hydrogen-bond acceptors (Lipinski definition) is 3. The molecule has 0 aliphatic rings. The Morgan fingerprint density at radius 3 is 2.45 bits per heavy atom. The standard InChI is InChI=1S/C17H18ClNO3/c18-10-17(21)19-11-16(20)14-6-8-15(9-7-14)22-12-13-4-2-1-3-5-13/h1-9,16,20H,10-12H2,(H,19,21)/t16-/m0/s1. The number of nitrogens with one attached hydrogen (secondary N) is 1. The van der Waals surface area contributed by atoms with Crippen LogP contribution in [0.1, 0.15) is 17.2 Å². The van der Waals surface area contributed by atoms with Crippen molar-refractivity contribution < 1.29 is 14.6 Å². The molecule has 0 aliphatic heterocycles. The van der Waals surface area contributed by atoms with Crippen molar-refractivity contribution in [2.24, 2.45) is 0 Å². The summed E-state index contributed by atoms with van der Waals surface area (Å²) in [5, 5.41) is 12.5. The minimum atomic E-state index is -0.768. The molecule has 1 amide bonds. The Hall–Kier alpha value is -2.04. The van der Waals surface area contributed by atoms with E-state index in [1.54, 1.807) is 24.3 Å². The molecular weight excluding hydrogens is 302 g/mol. The maximum atomic E-state index is 11.0. The van der Waals surface area contributed by atoms with Gasteiger partial charge >= 0.3 is 0 Å². The van der Waals surface area contributed by atoms with Crippen LogP contribution in [-0.4, -0.2) is 23.4 Å². The normalized spacial score (nSPS) is 11.7. The van der Waals surface area contributed by atoms with Crippen LogP contribution in [-0.2, 0) is 11.4 Å². The zero-order chi connectivity index (χ0) is 15.8. The minimum Gasteiger partial charge on any atom is -0.489 e. The lowest BCUT2D eigenvalue weighted by atomic mass is 10.1. The van der Waals surface area contributed by atoms with Crippen molar-refractivity contribution in [3.63, 3.8) is 0 Å². The summed E-state index contributed by atoms with van der Waals surface area (Å²) >= 11 is 5.38. The van der Waals surface area contributed by atoms with Gasteiger partial charge in [0, 0.05) is 6.54 Å². The van der Waals surface area contributed by atoms with Gasteiger partial charge in [-0.25, -0.2) is 0 Å². The number of carbonyl (C=O) groups excluding carboxylic acids is 1. The van der Waals surface area contributed by atoms with Gasteiger partial charge in [-0.1, -0.05) is 42.5 Å². The highest BCUT2D eigenvalue weighted by Gasteiger charge is 2.09. The van der Waals surface area contributed by atoms with Crippen molar-refractivity contribution in [2.75, 3.05) is 12.4 Å². The molecule has 1 atom stereocenters. The topological polar surface area (TPSA) is 58.6 Å².